The number of nitrogens with zero attached hydrogens (tertiary/aromatic N) is 4. The summed E-state index contributed by atoms with van der Waals surface area (Å²) in [4.78, 5) is 24.7. The number of nitrogens with one attached hydrogen (secondary N) is 1. The molecule has 1 amide bonds. The van der Waals surface area contributed by atoms with E-state index in [0.29, 0.717) is 26.3 Å². The number of H-pyrrole nitrogens is 1. The van der Waals surface area contributed by atoms with Gasteiger partial charge in [-0.3, -0.25) is 9.78 Å². The van der Waals surface area contributed by atoms with Crippen molar-refractivity contribution >= 4 is 32.7 Å². The van der Waals surface area contributed by atoms with Crippen molar-refractivity contribution in [1.29, 1.82) is 0 Å². The first-order valence-electron chi connectivity index (χ1n) is 12.0. The molecule has 9 nitrogen and oxygen atoms in total. The molecule has 10 heteroatoms. The quantitative estimate of drug-likeness (QED) is 0.562. The minimum Gasteiger partial charge on any atom is -0.378 e. The molecule has 0 radical (unpaired) electrons. The van der Waals surface area contributed by atoms with Crippen LogP contribution < -0.4 is 4.90 Å². The summed E-state index contributed by atoms with van der Waals surface area (Å²) in [7, 11) is -2.42. The maximum absolute atomic E-state index is 13.5. The van der Waals surface area contributed by atoms with Crippen LogP contribution in [0.1, 0.15) is 18.4 Å². The Morgan fingerprint density at radius 1 is 1.11 bits per heavy atom. The molecule has 0 aliphatic carbocycles. The second-order valence-corrected chi connectivity index (χ2v) is 11.3. The van der Waals surface area contributed by atoms with E-state index in [2.05, 4.69) is 14.9 Å². The second-order valence-electron chi connectivity index (χ2n) is 9.26. The number of hydrogen-bond acceptors (Lipinski definition) is 6. The molecule has 0 bridgehead atoms. The number of aromatic amines is 1. The highest BCUT2D eigenvalue weighted by Gasteiger charge is 2.28. The van der Waals surface area contributed by atoms with Crippen LogP contribution in [0.3, 0.4) is 0 Å². The Kier molecular flexibility index (Phi) is 6.52. The number of likely N-dealkylation sites (N-methyl/N-ethyl adjacent to an activating group) is 1. The van der Waals surface area contributed by atoms with Crippen LogP contribution in [-0.4, -0.2) is 86.5 Å². The number of aromatic nitrogens is 2. The van der Waals surface area contributed by atoms with Crippen LogP contribution in [0.4, 0.5) is 5.69 Å². The number of rotatable bonds is 6. The number of pyridine rings is 1. The van der Waals surface area contributed by atoms with Gasteiger partial charge >= 0.3 is 0 Å². The van der Waals surface area contributed by atoms with Crippen LogP contribution in [0.2, 0.25) is 0 Å². The van der Waals surface area contributed by atoms with E-state index in [1.807, 2.05) is 31.3 Å². The first kappa shape index (κ1) is 23.8. The van der Waals surface area contributed by atoms with Gasteiger partial charge in [-0.1, -0.05) is 0 Å². The van der Waals surface area contributed by atoms with Crippen LogP contribution >= 0.6 is 0 Å². The molecule has 2 aliphatic heterocycles. The van der Waals surface area contributed by atoms with Gasteiger partial charge in [0.25, 0.3) is 0 Å². The molecule has 2 saturated heterocycles. The number of amides is 1. The summed E-state index contributed by atoms with van der Waals surface area (Å²) < 4.78 is 33.4. The Labute approximate surface area is 205 Å². The predicted molar refractivity (Wildman–Crippen MR) is 135 cm³/mol. The number of carbonyl (C=O) groups is 1. The maximum atomic E-state index is 13.5. The zero-order valence-electron chi connectivity index (χ0n) is 20.2. The average Bonchev–Trinajstić information content (AvgIpc) is 3.54. The van der Waals surface area contributed by atoms with E-state index in [9.17, 15) is 13.2 Å². The third kappa shape index (κ3) is 4.78. The van der Waals surface area contributed by atoms with Gasteiger partial charge < -0.3 is 19.5 Å². The highest BCUT2D eigenvalue weighted by molar-refractivity contribution is 7.89. The van der Waals surface area contributed by atoms with Crippen molar-refractivity contribution in [1.82, 2.24) is 19.2 Å². The third-order valence-corrected chi connectivity index (χ3v) is 8.54. The average molecular weight is 498 g/mol. The largest absolute Gasteiger partial charge is 0.378 e. The van der Waals surface area contributed by atoms with Crippen molar-refractivity contribution in [2.45, 2.75) is 24.7 Å². The van der Waals surface area contributed by atoms with Gasteiger partial charge in [0.1, 0.15) is 0 Å². The number of aryl methyl sites for hydroxylation is 1. The highest BCUT2D eigenvalue weighted by Crippen LogP contribution is 2.36. The van der Waals surface area contributed by atoms with Crippen molar-refractivity contribution in [2.24, 2.45) is 0 Å². The molecule has 5 rings (SSSR count). The van der Waals surface area contributed by atoms with Gasteiger partial charge in [0, 0.05) is 50.7 Å². The topological polar surface area (TPSA) is 98.8 Å². The standard InChI is InChI=1S/C25H31N5O4S/c1-18-13-23-22(26-16-18)15-21(27-23)20-14-19(5-6-24(20)29-7-3-4-8-29)35(32,33)28(2)17-25(31)30-9-11-34-12-10-30/h5-6,13-16,27H,3-4,7-12,17H2,1-2H3. The van der Waals surface area contributed by atoms with Crippen molar-refractivity contribution in [3.8, 4) is 11.3 Å². The highest BCUT2D eigenvalue weighted by atomic mass is 32.2. The lowest BCUT2D eigenvalue weighted by atomic mass is 10.1. The van der Waals surface area contributed by atoms with E-state index >= 15 is 0 Å². The molecule has 4 heterocycles. The van der Waals surface area contributed by atoms with Crippen LogP contribution in [0.25, 0.3) is 22.3 Å². The molecule has 0 saturated carbocycles. The summed E-state index contributed by atoms with van der Waals surface area (Å²) in [5.74, 6) is -0.217. The van der Waals surface area contributed by atoms with E-state index in [0.717, 1.165) is 63.8 Å². The number of sulfonamides is 1. The molecular weight excluding hydrogens is 466 g/mol. The van der Waals surface area contributed by atoms with Crippen molar-refractivity contribution in [3.05, 3.63) is 42.1 Å². The van der Waals surface area contributed by atoms with Gasteiger partial charge in [-0.15, -0.1) is 0 Å². The van der Waals surface area contributed by atoms with Gasteiger partial charge in [0.05, 0.1) is 41.4 Å². The zero-order valence-corrected chi connectivity index (χ0v) is 21.0. The number of ether oxygens (including phenoxy) is 1. The Bertz CT molecular complexity index is 1340. The van der Waals surface area contributed by atoms with E-state index in [1.54, 1.807) is 17.0 Å². The molecule has 0 atom stereocenters. The van der Waals surface area contributed by atoms with Crippen LogP contribution in [0, 0.1) is 6.92 Å². The Morgan fingerprint density at radius 2 is 1.86 bits per heavy atom. The minimum absolute atomic E-state index is 0.163. The lowest BCUT2D eigenvalue weighted by molar-refractivity contribution is -0.135. The number of anilines is 1. The van der Waals surface area contributed by atoms with Crippen molar-refractivity contribution < 1.29 is 17.9 Å². The normalized spacial score (nSPS) is 17.0. The van der Waals surface area contributed by atoms with Crippen LogP contribution in [0.5, 0.6) is 0 Å². The van der Waals surface area contributed by atoms with E-state index in [1.165, 1.54) is 7.05 Å². The molecule has 2 fully saturated rings. The molecule has 1 aromatic carbocycles. The van der Waals surface area contributed by atoms with Gasteiger partial charge in [0.15, 0.2) is 0 Å². The van der Waals surface area contributed by atoms with E-state index in [-0.39, 0.29) is 17.3 Å². The number of hydrogen-bond donors (Lipinski definition) is 1. The summed E-state index contributed by atoms with van der Waals surface area (Å²) in [5, 5.41) is 0. The summed E-state index contributed by atoms with van der Waals surface area (Å²) >= 11 is 0. The SMILES string of the molecule is Cc1cnc2cc(-c3cc(S(=O)(=O)N(C)CC(=O)N4CCOCC4)ccc3N3CCCC3)[nH]c2c1. The van der Waals surface area contributed by atoms with Crippen molar-refractivity contribution in [3.63, 3.8) is 0 Å². The summed E-state index contributed by atoms with van der Waals surface area (Å²) in [5.41, 5.74) is 5.43. The molecule has 186 valence electrons. The molecule has 1 N–H and O–H groups in total. The summed E-state index contributed by atoms with van der Waals surface area (Å²) in [6, 6.07) is 9.25. The molecule has 35 heavy (non-hydrogen) atoms. The first-order chi connectivity index (χ1) is 16.8. The van der Waals surface area contributed by atoms with Crippen LogP contribution in [-0.2, 0) is 19.6 Å². The second kappa shape index (κ2) is 9.60. The first-order valence-corrected chi connectivity index (χ1v) is 13.4. The van der Waals surface area contributed by atoms with Gasteiger partial charge in [0.2, 0.25) is 15.9 Å². The van der Waals surface area contributed by atoms with Crippen LogP contribution in [0.15, 0.2) is 41.4 Å². The Balaban J connectivity index is 1.49. The molecule has 0 spiro atoms. The lowest BCUT2D eigenvalue weighted by Gasteiger charge is -2.28. The number of carbonyl (C=O) groups excluding carboxylic acids is 1. The lowest BCUT2D eigenvalue weighted by Crippen LogP contribution is -2.46. The number of benzene rings is 1. The van der Waals surface area contributed by atoms with E-state index in [4.69, 9.17) is 4.74 Å². The fourth-order valence-electron chi connectivity index (χ4n) is 4.75. The number of morpholine rings is 1. The van der Waals surface area contributed by atoms with Gasteiger partial charge in [-0.25, -0.2) is 8.42 Å². The minimum atomic E-state index is -3.87. The monoisotopic (exact) mass is 497 g/mol. The predicted octanol–water partition coefficient (Wildman–Crippen LogP) is 2.62. The third-order valence-electron chi connectivity index (χ3n) is 6.74. The Hall–Kier alpha value is -2.95. The molecule has 2 aromatic heterocycles. The van der Waals surface area contributed by atoms with Crippen molar-refractivity contribution in [2.75, 3.05) is 57.9 Å². The van der Waals surface area contributed by atoms with E-state index < -0.39 is 10.0 Å². The number of fused-ring (bicyclic) bond motifs is 1. The summed E-state index contributed by atoms with van der Waals surface area (Å²) in [6.07, 6.45) is 4.04. The molecule has 3 aromatic rings. The fraction of sp³-hybridized carbons (Fsp3) is 0.440. The summed E-state index contributed by atoms with van der Waals surface area (Å²) in [6.45, 7) is 5.57. The zero-order chi connectivity index (χ0) is 24.6. The molecule has 2 aliphatic rings. The van der Waals surface area contributed by atoms with Gasteiger partial charge in [-0.2, -0.15) is 4.31 Å². The molecule has 0 unspecified atom stereocenters. The molecular formula is C25H31N5O4S. The fourth-order valence-corrected chi connectivity index (χ4v) is 5.90. The maximum Gasteiger partial charge on any atom is 0.243 e. The Morgan fingerprint density at radius 3 is 2.60 bits per heavy atom. The smallest absolute Gasteiger partial charge is 0.243 e. The van der Waals surface area contributed by atoms with Gasteiger partial charge in [-0.05, 0) is 55.7 Å².